The molecule has 0 unspecified atom stereocenters. The minimum Gasteiger partial charge on any atom is -0.369 e. The van der Waals surface area contributed by atoms with Gasteiger partial charge in [0.15, 0.2) is 11.6 Å². The van der Waals surface area contributed by atoms with E-state index in [9.17, 15) is 9.59 Å². The van der Waals surface area contributed by atoms with E-state index in [4.69, 9.17) is 0 Å². The molecule has 1 heterocycles. The van der Waals surface area contributed by atoms with Gasteiger partial charge in [0, 0.05) is 49.8 Å². The molecule has 1 fully saturated rings. The summed E-state index contributed by atoms with van der Waals surface area (Å²) in [4.78, 5) is 28.7. The average Bonchev–Trinajstić information content (AvgIpc) is 2.66. The van der Waals surface area contributed by atoms with Crippen LogP contribution in [0.1, 0.15) is 50.9 Å². The normalized spacial score (nSPS) is 15.9. The first-order valence-electron chi connectivity index (χ1n) is 10.2. The van der Waals surface area contributed by atoms with Crippen molar-refractivity contribution in [2.24, 2.45) is 11.8 Å². The van der Waals surface area contributed by atoms with Crippen LogP contribution < -0.4 is 4.90 Å². The largest absolute Gasteiger partial charge is 0.369 e. The summed E-state index contributed by atoms with van der Waals surface area (Å²) in [6, 6.07) is 8.01. The molecule has 0 saturated carbocycles. The van der Waals surface area contributed by atoms with Crippen molar-refractivity contribution in [2.45, 2.75) is 40.5 Å². The maximum absolute atomic E-state index is 12.0. The maximum Gasteiger partial charge on any atom is 0.165 e. The van der Waals surface area contributed by atoms with Gasteiger partial charge in [0.1, 0.15) is 0 Å². The molecule has 27 heavy (non-hydrogen) atoms. The first-order valence-corrected chi connectivity index (χ1v) is 10.2. The van der Waals surface area contributed by atoms with Crippen LogP contribution in [0, 0.1) is 11.8 Å². The van der Waals surface area contributed by atoms with E-state index in [1.165, 1.54) is 5.69 Å². The smallest absolute Gasteiger partial charge is 0.165 e. The second-order valence-corrected chi connectivity index (χ2v) is 8.07. The predicted octanol–water partition coefficient (Wildman–Crippen LogP) is 4.21. The molecule has 4 nitrogen and oxygen atoms in total. The Hall–Kier alpha value is -1.94. The molecule has 1 aromatic carbocycles. The monoisotopic (exact) mass is 370 g/mol. The molecule has 148 valence electrons. The van der Waals surface area contributed by atoms with Gasteiger partial charge in [-0.1, -0.05) is 33.8 Å². The fourth-order valence-electron chi connectivity index (χ4n) is 3.26. The lowest BCUT2D eigenvalue weighted by Gasteiger charge is -2.36. The zero-order valence-corrected chi connectivity index (χ0v) is 17.3. The van der Waals surface area contributed by atoms with Gasteiger partial charge in [-0.05, 0) is 49.2 Å². The van der Waals surface area contributed by atoms with Crippen molar-refractivity contribution in [3.05, 3.63) is 42.0 Å². The van der Waals surface area contributed by atoms with Crippen LogP contribution in [0.15, 0.2) is 36.4 Å². The van der Waals surface area contributed by atoms with Crippen LogP contribution in [0.3, 0.4) is 0 Å². The fraction of sp³-hybridized carbons (Fsp3) is 0.565. The number of benzene rings is 1. The average molecular weight is 371 g/mol. The second kappa shape index (κ2) is 10.4. The molecule has 0 bridgehead atoms. The summed E-state index contributed by atoms with van der Waals surface area (Å²) in [5, 5.41) is 0. The molecule has 0 N–H and O–H groups in total. The molecule has 1 aromatic rings. The number of piperazine rings is 1. The molecule has 0 radical (unpaired) electrons. The lowest BCUT2D eigenvalue weighted by molar-refractivity contribution is -0.114. The number of nitrogens with zero attached hydrogens (tertiary/aromatic N) is 2. The topological polar surface area (TPSA) is 40.6 Å². The van der Waals surface area contributed by atoms with Crippen molar-refractivity contribution in [1.82, 2.24) is 4.90 Å². The van der Waals surface area contributed by atoms with Gasteiger partial charge in [-0.15, -0.1) is 0 Å². The summed E-state index contributed by atoms with van der Waals surface area (Å²) in [6.07, 6.45) is 5.26. The van der Waals surface area contributed by atoms with Crippen LogP contribution in [0.5, 0.6) is 0 Å². The summed E-state index contributed by atoms with van der Waals surface area (Å²) in [7, 11) is 0. The number of rotatable bonds is 9. The number of ketones is 2. The van der Waals surface area contributed by atoms with Crippen LogP contribution >= 0.6 is 0 Å². The Morgan fingerprint density at radius 1 is 1.00 bits per heavy atom. The van der Waals surface area contributed by atoms with Gasteiger partial charge in [0.05, 0.1) is 0 Å². The molecule has 1 aliphatic heterocycles. The van der Waals surface area contributed by atoms with E-state index in [-0.39, 0.29) is 17.5 Å². The Kier molecular flexibility index (Phi) is 8.23. The fourth-order valence-corrected chi connectivity index (χ4v) is 3.26. The SMILES string of the molecule is CC(C)/C=C/C(=O)CCCN1CCN(c2ccc(C(=O)C(C)C)cc2)CC1. The van der Waals surface area contributed by atoms with Crippen molar-refractivity contribution in [3.8, 4) is 0 Å². The Balaban J connectivity index is 1.73. The quantitative estimate of drug-likeness (QED) is 0.482. The van der Waals surface area contributed by atoms with Gasteiger partial charge in [0.25, 0.3) is 0 Å². The third-order valence-corrected chi connectivity index (χ3v) is 4.98. The second-order valence-electron chi connectivity index (χ2n) is 8.07. The first kappa shape index (κ1) is 21.4. The van der Waals surface area contributed by atoms with Gasteiger partial charge in [0.2, 0.25) is 0 Å². The third-order valence-electron chi connectivity index (χ3n) is 4.98. The molecular weight excluding hydrogens is 336 g/mol. The maximum atomic E-state index is 12.0. The van der Waals surface area contributed by atoms with E-state index in [0.717, 1.165) is 44.7 Å². The minimum absolute atomic E-state index is 0.0344. The Labute approximate surface area is 164 Å². The lowest BCUT2D eigenvalue weighted by atomic mass is 10.0. The van der Waals surface area contributed by atoms with Gasteiger partial charge >= 0.3 is 0 Å². The van der Waals surface area contributed by atoms with Gasteiger partial charge in [-0.2, -0.15) is 0 Å². The molecule has 0 amide bonds. The highest BCUT2D eigenvalue weighted by molar-refractivity contribution is 5.97. The summed E-state index contributed by atoms with van der Waals surface area (Å²) < 4.78 is 0. The summed E-state index contributed by atoms with van der Waals surface area (Å²) in [5.74, 6) is 0.897. The van der Waals surface area contributed by atoms with E-state index >= 15 is 0 Å². The number of allylic oxidation sites excluding steroid dienone is 2. The van der Waals surface area contributed by atoms with Gasteiger partial charge in [-0.3, -0.25) is 14.5 Å². The molecule has 0 aliphatic carbocycles. The van der Waals surface area contributed by atoms with Crippen molar-refractivity contribution >= 4 is 17.3 Å². The lowest BCUT2D eigenvalue weighted by Crippen LogP contribution is -2.46. The number of carbonyl (C=O) groups excluding carboxylic acids is 2. The van der Waals surface area contributed by atoms with E-state index in [1.807, 2.05) is 32.1 Å². The standard InChI is InChI=1S/C23H34N2O2/c1-18(2)7-12-22(26)6-5-13-24-14-16-25(17-15-24)21-10-8-20(9-11-21)23(27)19(3)4/h7-12,18-19H,5-6,13-17H2,1-4H3/b12-7+. The highest BCUT2D eigenvalue weighted by Gasteiger charge is 2.18. The molecule has 4 heteroatoms. The van der Waals surface area contributed by atoms with E-state index in [2.05, 4.69) is 35.8 Å². The Bertz CT molecular complexity index is 639. The van der Waals surface area contributed by atoms with Crippen LogP contribution in [0.25, 0.3) is 0 Å². The number of hydrogen-bond acceptors (Lipinski definition) is 4. The highest BCUT2D eigenvalue weighted by Crippen LogP contribution is 2.19. The zero-order chi connectivity index (χ0) is 19.8. The van der Waals surface area contributed by atoms with E-state index in [0.29, 0.717) is 12.3 Å². The number of Topliss-reactive ketones (excluding diaryl/α,β-unsaturated/α-hetero) is 1. The Morgan fingerprint density at radius 3 is 2.19 bits per heavy atom. The minimum atomic E-state index is 0.0344. The van der Waals surface area contributed by atoms with Crippen LogP contribution in [-0.2, 0) is 4.79 Å². The number of carbonyl (C=O) groups is 2. The van der Waals surface area contributed by atoms with Gasteiger partial charge in [-0.25, -0.2) is 0 Å². The molecule has 0 aromatic heterocycles. The van der Waals surface area contributed by atoms with Crippen LogP contribution in [0.2, 0.25) is 0 Å². The van der Waals surface area contributed by atoms with E-state index < -0.39 is 0 Å². The Morgan fingerprint density at radius 2 is 1.63 bits per heavy atom. The number of hydrogen-bond donors (Lipinski definition) is 0. The highest BCUT2D eigenvalue weighted by atomic mass is 16.1. The van der Waals surface area contributed by atoms with Crippen LogP contribution in [0.4, 0.5) is 5.69 Å². The predicted molar refractivity (Wildman–Crippen MR) is 112 cm³/mol. The molecule has 0 atom stereocenters. The van der Waals surface area contributed by atoms with E-state index in [1.54, 1.807) is 6.08 Å². The molecule has 1 saturated heterocycles. The van der Waals surface area contributed by atoms with Gasteiger partial charge < -0.3 is 4.90 Å². The summed E-state index contributed by atoms with van der Waals surface area (Å²) >= 11 is 0. The molecule has 0 spiro atoms. The van der Waals surface area contributed by atoms with Crippen molar-refractivity contribution < 1.29 is 9.59 Å². The zero-order valence-electron chi connectivity index (χ0n) is 17.3. The molecule has 1 aliphatic rings. The van der Waals surface area contributed by atoms with Crippen LogP contribution in [-0.4, -0.2) is 49.2 Å². The summed E-state index contributed by atoms with van der Waals surface area (Å²) in [6.45, 7) is 13.0. The van der Waals surface area contributed by atoms with Crippen molar-refractivity contribution in [1.29, 1.82) is 0 Å². The van der Waals surface area contributed by atoms with Crippen molar-refractivity contribution in [2.75, 3.05) is 37.6 Å². The first-order chi connectivity index (χ1) is 12.9. The van der Waals surface area contributed by atoms with Crippen molar-refractivity contribution in [3.63, 3.8) is 0 Å². The number of anilines is 1. The summed E-state index contributed by atoms with van der Waals surface area (Å²) in [5.41, 5.74) is 1.98. The molecular formula is C23H34N2O2. The molecule has 2 rings (SSSR count). The third kappa shape index (κ3) is 6.94.